The van der Waals surface area contributed by atoms with Crippen LogP contribution in [0.4, 0.5) is 13.2 Å². The molecule has 3 aromatic rings. The van der Waals surface area contributed by atoms with E-state index in [4.69, 9.17) is 15.9 Å². The largest absolute Gasteiger partial charge is 0.573 e. The van der Waals surface area contributed by atoms with Gasteiger partial charge in [-0.25, -0.2) is 4.79 Å². The molecule has 26 heavy (non-hydrogen) atoms. The van der Waals surface area contributed by atoms with Crippen LogP contribution >= 0.6 is 0 Å². The van der Waals surface area contributed by atoms with E-state index in [9.17, 15) is 23.1 Å². The Labute approximate surface area is 144 Å². The van der Waals surface area contributed by atoms with Crippen molar-refractivity contribution in [1.29, 1.82) is 0 Å². The first kappa shape index (κ1) is 17.2. The molecule has 0 spiro atoms. The number of furan rings is 1. The molecule has 0 saturated heterocycles. The highest BCUT2D eigenvalue weighted by Gasteiger charge is 2.31. The molecule has 0 unspecified atom stereocenters. The number of phenols is 1. The Morgan fingerprint density at radius 2 is 1.85 bits per heavy atom. The smallest absolute Gasteiger partial charge is 0.507 e. The van der Waals surface area contributed by atoms with Gasteiger partial charge in [-0.3, -0.25) is 0 Å². The standard InChI is InChI=1S/C18H9F3O5/c1-2-11-12-7-13(17(23)24)14(22)8-15(12)25-16(11)9-3-5-10(6-4-9)26-18(19,20)21/h1,3-8,22H,(H,23,24). The van der Waals surface area contributed by atoms with Crippen molar-refractivity contribution in [2.45, 2.75) is 6.36 Å². The molecule has 1 aromatic heterocycles. The summed E-state index contributed by atoms with van der Waals surface area (Å²) in [6.07, 6.45) is 0.673. The summed E-state index contributed by atoms with van der Waals surface area (Å²) in [7, 11) is 0. The molecule has 0 aliphatic heterocycles. The number of fused-ring (bicyclic) bond motifs is 1. The predicted octanol–water partition coefficient (Wildman–Crippen LogP) is 4.38. The van der Waals surface area contributed by atoms with Gasteiger partial charge >= 0.3 is 12.3 Å². The van der Waals surface area contributed by atoms with Crippen molar-refractivity contribution in [2.24, 2.45) is 0 Å². The van der Waals surface area contributed by atoms with Gasteiger partial charge in [0, 0.05) is 17.0 Å². The van der Waals surface area contributed by atoms with Crippen molar-refractivity contribution in [2.75, 3.05) is 0 Å². The van der Waals surface area contributed by atoms with Crippen LogP contribution in [0.2, 0.25) is 0 Å². The summed E-state index contributed by atoms with van der Waals surface area (Å²) in [5.41, 5.74) is 0.369. The summed E-state index contributed by atoms with van der Waals surface area (Å²) in [5, 5.41) is 19.1. The number of halogens is 3. The average molecular weight is 362 g/mol. The number of carboxylic acid groups (broad SMARTS) is 1. The van der Waals surface area contributed by atoms with Crippen LogP contribution < -0.4 is 4.74 Å². The Bertz CT molecular complexity index is 1040. The number of hydrogen-bond donors (Lipinski definition) is 2. The average Bonchev–Trinajstić information content (AvgIpc) is 2.90. The van der Waals surface area contributed by atoms with Crippen LogP contribution in [0.1, 0.15) is 15.9 Å². The molecule has 2 N–H and O–H groups in total. The maximum Gasteiger partial charge on any atom is 0.573 e. The van der Waals surface area contributed by atoms with Crippen LogP contribution in [0.15, 0.2) is 40.8 Å². The monoisotopic (exact) mass is 362 g/mol. The van der Waals surface area contributed by atoms with Crippen molar-refractivity contribution < 1.29 is 37.3 Å². The molecular weight excluding hydrogens is 353 g/mol. The van der Waals surface area contributed by atoms with E-state index in [1.807, 2.05) is 0 Å². The zero-order valence-corrected chi connectivity index (χ0v) is 12.8. The Hall–Kier alpha value is -3.60. The molecule has 8 heteroatoms. The van der Waals surface area contributed by atoms with E-state index in [-0.39, 0.29) is 27.9 Å². The molecular formula is C18H9F3O5. The van der Waals surface area contributed by atoms with Crippen molar-refractivity contribution in [3.05, 3.63) is 47.5 Å². The van der Waals surface area contributed by atoms with Crippen LogP contribution in [0.3, 0.4) is 0 Å². The minimum Gasteiger partial charge on any atom is -0.507 e. The van der Waals surface area contributed by atoms with Crippen molar-refractivity contribution in [1.82, 2.24) is 0 Å². The van der Waals surface area contributed by atoms with E-state index < -0.39 is 23.8 Å². The van der Waals surface area contributed by atoms with E-state index in [0.29, 0.717) is 5.56 Å². The number of carbonyl (C=O) groups is 1. The molecule has 0 saturated carbocycles. The third-order valence-corrected chi connectivity index (χ3v) is 3.53. The number of alkyl halides is 3. The molecule has 0 aliphatic rings. The molecule has 0 atom stereocenters. The number of benzene rings is 2. The third-order valence-electron chi connectivity index (χ3n) is 3.53. The molecule has 1 heterocycles. The predicted molar refractivity (Wildman–Crippen MR) is 84.9 cm³/mol. The molecule has 0 radical (unpaired) electrons. The number of aromatic carboxylic acids is 1. The summed E-state index contributed by atoms with van der Waals surface area (Å²) in [5.74, 6) is 0.279. The highest BCUT2D eigenvalue weighted by Crippen LogP contribution is 2.37. The Balaban J connectivity index is 2.11. The van der Waals surface area contributed by atoms with E-state index in [1.165, 1.54) is 18.2 Å². The topological polar surface area (TPSA) is 79.9 Å². The highest BCUT2D eigenvalue weighted by molar-refractivity contribution is 6.00. The van der Waals surface area contributed by atoms with E-state index in [1.54, 1.807) is 0 Å². The summed E-state index contributed by atoms with van der Waals surface area (Å²) >= 11 is 0. The number of ether oxygens (including phenoxy) is 1. The first-order chi connectivity index (χ1) is 12.2. The second kappa shape index (κ2) is 6.04. The maximum atomic E-state index is 12.2. The second-order valence-electron chi connectivity index (χ2n) is 5.19. The van der Waals surface area contributed by atoms with Gasteiger partial charge in [-0.1, -0.05) is 5.92 Å². The minimum atomic E-state index is -4.81. The lowest BCUT2D eigenvalue weighted by molar-refractivity contribution is -0.274. The van der Waals surface area contributed by atoms with Gasteiger partial charge in [0.2, 0.25) is 0 Å². The van der Waals surface area contributed by atoms with Crippen molar-refractivity contribution in [3.8, 4) is 35.2 Å². The minimum absolute atomic E-state index is 0.145. The van der Waals surface area contributed by atoms with Gasteiger partial charge in [-0.05, 0) is 30.3 Å². The summed E-state index contributed by atoms with van der Waals surface area (Å²) < 4.78 is 46.0. The molecule has 0 amide bonds. The van der Waals surface area contributed by atoms with Crippen LogP contribution in [-0.2, 0) is 0 Å². The van der Waals surface area contributed by atoms with E-state index in [2.05, 4.69) is 10.7 Å². The first-order valence-corrected chi connectivity index (χ1v) is 7.05. The van der Waals surface area contributed by atoms with Crippen molar-refractivity contribution >= 4 is 16.9 Å². The lowest BCUT2D eigenvalue weighted by Crippen LogP contribution is -2.16. The number of rotatable bonds is 3. The van der Waals surface area contributed by atoms with Gasteiger partial charge in [0.25, 0.3) is 0 Å². The van der Waals surface area contributed by atoms with Gasteiger partial charge < -0.3 is 19.4 Å². The van der Waals surface area contributed by atoms with Crippen LogP contribution in [0, 0.1) is 12.3 Å². The zero-order valence-electron chi connectivity index (χ0n) is 12.8. The lowest BCUT2D eigenvalue weighted by Gasteiger charge is -2.08. The Kier molecular flexibility index (Phi) is 4.00. The molecule has 5 nitrogen and oxygen atoms in total. The summed E-state index contributed by atoms with van der Waals surface area (Å²) in [4.78, 5) is 11.1. The van der Waals surface area contributed by atoms with Gasteiger partial charge in [-0.15, -0.1) is 19.6 Å². The van der Waals surface area contributed by atoms with E-state index >= 15 is 0 Å². The van der Waals surface area contributed by atoms with Crippen LogP contribution in [-0.4, -0.2) is 22.5 Å². The normalized spacial score (nSPS) is 11.3. The number of terminal acetylenes is 1. The van der Waals surface area contributed by atoms with Gasteiger partial charge in [-0.2, -0.15) is 0 Å². The second-order valence-corrected chi connectivity index (χ2v) is 5.19. The van der Waals surface area contributed by atoms with Crippen LogP contribution in [0.25, 0.3) is 22.3 Å². The Morgan fingerprint density at radius 1 is 1.19 bits per heavy atom. The SMILES string of the molecule is C#Cc1c(-c2ccc(OC(F)(F)F)cc2)oc2cc(O)c(C(=O)O)cc12. The maximum absolute atomic E-state index is 12.2. The third kappa shape index (κ3) is 3.15. The number of carboxylic acids is 1. The summed E-state index contributed by atoms with van der Waals surface area (Å²) in [6, 6.07) is 7.11. The van der Waals surface area contributed by atoms with Crippen LogP contribution in [0.5, 0.6) is 11.5 Å². The van der Waals surface area contributed by atoms with Gasteiger partial charge in [0.05, 0.1) is 5.56 Å². The molecule has 3 rings (SSSR count). The highest BCUT2D eigenvalue weighted by atomic mass is 19.4. The fourth-order valence-corrected chi connectivity index (χ4v) is 2.46. The van der Waals surface area contributed by atoms with Gasteiger partial charge in [0.1, 0.15) is 22.6 Å². The molecule has 2 aromatic carbocycles. The molecule has 132 valence electrons. The van der Waals surface area contributed by atoms with Gasteiger partial charge in [0.15, 0.2) is 5.76 Å². The van der Waals surface area contributed by atoms with Crippen molar-refractivity contribution in [3.63, 3.8) is 0 Å². The molecule has 0 fully saturated rings. The fraction of sp³-hybridized carbons (Fsp3) is 0.0556. The quantitative estimate of drug-likeness (QED) is 0.676. The Morgan fingerprint density at radius 3 is 2.38 bits per heavy atom. The number of aromatic hydroxyl groups is 1. The summed E-state index contributed by atoms with van der Waals surface area (Å²) in [6.45, 7) is 0. The first-order valence-electron chi connectivity index (χ1n) is 7.05. The van der Waals surface area contributed by atoms with E-state index in [0.717, 1.165) is 18.2 Å². The molecule has 0 bridgehead atoms. The number of hydrogen-bond acceptors (Lipinski definition) is 4. The fourth-order valence-electron chi connectivity index (χ4n) is 2.46. The lowest BCUT2D eigenvalue weighted by atomic mass is 10.0. The zero-order chi connectivity index (χ0) is 19.1. The molecule has 0 aliphatic carbocycles.